The van der Waals surface area contributed by atoms with Crippen LogP contribution in [0.2, 0.25) is 0 Å². The maximum absolute atomic E-state index is 6.07. The van der Waals surface area contributed by atoms with E-state index in [0.717, 1.165) is 18.1 Å². The number of nitrogens with zero attached hydrogens (tertiary/aromatic N) is 2. The lowest BCUT2D eigenvalue weighted by Gasteiger charge is -2.30. The minimum atomic E-state index is 0.618. The van der Waals surface area contributed by atoms with Gasteiger partial charge in [0.15, 0.2) is 0 Å². The Hall–Kier alpha value is -1.03. The van der Waals surface area contributed by atoms with Gasteiger partial charge in [-0.25, -0.2) is 4.98 Å². The normalized spacial score (nSPS) is 22.6. The Balaban J connectivity index is 1.95. The number of anilines is 1. The molecule has 1 saturated carbocycles. The summed E-state index contributed by atoms with van der Waals surface area (Å²) >= 11 is 6.07. The molecule has 0 spiro atoms. The Morgan fingerprint density at radius 2 is 2.05 bits per heavy atom. The zero-order valence-corrected chi connectivity index (χ0v) is 13.1. The highest BCUT2D eigenvalue weighted by atomic mass is 35.5. The largest absolute Gasteiger partial charge is 0.478 e. The number of hydrogen-bond donors (Lipinski definition) is 1. The van der Waals surface area contributed by atoms with Crippen molar-refractivity contribution in [1.29, 1.82) is 0 Å². The van der Waals surface area contributed by atoms with E-state index >= 15 is 0 Å². The molecule has 5 heteroatoms. The number of hydrogen-bond acceptors (Lipinski definition) is 4. The minimum absolute atomic E-state index is 0.618. The molecular formula is C15H24ClN3O. The molecule has 112 valence electrons. The Morgan fingerprint density at radius 3 is 2.75 bits per heavy atom. The first-order chi connectivity index (χ1) is 9.72. The number of nitrogens with one attached hydrogen (secondary N) is 1. The van der Waals surface area contributed by atoms with Crippen LogP contribution in [-0.4, -0.2) is 29.0 Å². The van der Waals surface area contributed by atoms with Gasteiger partial charge in [0.1, 0.15) is 0 Å². The van der Waals surface area contributed by atoms with E-state index in [4.69, 9.17) is 16.3 Å². The maximum atomic E-state index is 6.07. The monoisotopic (exact) mass is 297 g/mol. The second kappa shape index (κ2) is 7.67. The highest BCUT2D eigenvalue weighted by Gasteiger charge is 2.24. The standard InChI is InChI=1S/C15H24ClN3O/c1-3-20-14-8-11(2)18-15(19-14)17-10-13-7-5-4-6-12(13)9-16/h8,12-13H,3-7,9-10H2,1-2H3,(H,17,18,19). The van der Waals surface area contributed by atoms with Crippen LogP contribution < -0.4 is 10.1 Å². The molecule has 1 fully saturated rings. The highest BCUT2D eigenvalue weighted by Crippen LogP contribution is 2.31. The molecule has 2 atom stereocenters. The number of aryl methyl sites for hydroxylation is 1. The van der Waals surface area contributed by atoms with Crippen LogP contribution in [0.4, 0.5) is 5.95 Å². The van der Waals surface area contributed by atoms with Crippen LogP contribution in [0, 0.1) is 18.8 Å². The number of halogens is 1. The lowest BCUT2D eigenvalue weighted by atomic mass is 9.80. The van der Waals surface area contributed by atoms with Crippen LogP contribution in [0.3, 0.4) is 0 Å². The lowest BCUT2D eigenvalue weighted by molar-refractivity contribution is 0.271. The molecule has 0 bridgehead atoms. The summed E-state index contributed by atoms with van der Waals surface area (Å²) in [7, 11) is 0. The second-order valence-electron chi connectivity index (χ2n) is 5.44. The molecule has 4 nitrogen and oxygen atoms in total. The average molecular weight is 298 g/mol. The van der Waals surface area contributed by atoms with E-state index in [0.29, 0.717) is 30.3 Å². The topological polar surface area (TPSA) is 47.0 Å². The van der Waals surface area contributed by atoms with Crippen molar-refractivity contribution in [1.82, 2.24) is 9.97 Å². The van der Waals surface area contributed by atoms with Gasteiger partial charge >= 0.3 is 0 Å². The predicted molar refractivity (Wildman–Crippen MR) is 82.6 cm³/mol. The summed E-state index contributed by atoms with van der Waals surface area (Å²) in [6.45, 7) is 5.43. The quantitative estimate of drug-likeness (QED) is 0.814. The third kappa shape index (κ3) is 4.23. The Labute approximate surface area is 126 Å². The molecule has 1 aromatic heterocycles. The number of alkyl halides is 1. The summed E-state index contributed by atoms with van der Waals surface area (Å²) in [6, 6.07) is 1.86. The van der Waals surface area contributed by atoms with Crippen molar-refractivity contribution in [3.8, 4) is 5.88 Å². The van der Waals surface area contributed by atoms with Crippen LogP contribution in [0.5, 0.6) is 5.88 Å². The third-order valence-electron chi connectivity index (χ3n) is 3.91. The predicted octanol–water partition coefficient (Wildman–Crippen LogP) is 3.64. The zero-order valence-electron chi connectivity index (χ0n) is 12.4. The third-order valence-corrected chi connectivity index (χ3v) is 4.31. The van der Waals surface area contributed by atoms with Crippen molar-refractivity contribution < 1.29 is 4.74 Å². The molecule has 1 heterocycles. The Kier molecular flexibility index (Phi) is 5.89. The first-order valence-corrected chi connectivity index (χ1v) is 8.04. The molecular weight excluding hydrogens is 274 g/mol. The molecule has 0 aromatic carbocycles. The van der Waals surface area contributed by atoms with Gasteiger partial charge in [0, 0.05) is 24.2 Å². The second-order valence-corrected chi connectivity index (χ2v) is 5.75. The first kappa shape index (κ1) is 15.4. The summed E-state index contributed by atoms with van der Waals surface area (Å²) in [5.74, 6) is 3.30. The molecule has 1 aliphatic rings. The number of ether oxygens (including phenoxy) is 1. The van der Waals surface area contributed by atoms with E-state index in [2.05, 4.69) is 15.3 Å². The summed E-state index contributed by atoms with van der Waals surface area (Å²) in [6.07, 6.45) is 5.10. The molecule has 2 rings (SSSR count). The molecule has 20 heavy (non-hydrogen) atoms. The molecule has 0 amide bonds. The number of rotatable bonds is 6. The van der Waals surface area contributed by atoms with E-state index in [-0.39, 0.29) is 0 Å². The maximum Gasteiger partial charge on any atom is 0.226 e. The van der Waals surface area contributed by atoms with Crippen LogP contribution in [0.1, 0.15) is 38.3 Å². The summed E-state index contributed by atoms with van der Waals surface area (Å²) in [5.41, 5.74) is 0.920. The molecule has 0 radical (unpaired) electrons. The minimum Gasteiger partial charge on any atom is -0.478 e. The first-order valence-electron chi connectivity index (χ1n) is 7.51. The summed E-state index contributed by atoms with van der Waals surface area (Å²) in [5, 5.41) is 3.36. The van der Waals surface area contributed by atoms with Gasteiger partial charge in [-0.2, -0.15) is 4.98 Å². The lowest BCUT2D eigenvalue weighted by Crippen LogP contribution is -2.28. The Morgan fingerprint density at radius 1 is 1.30 bits per heavy atom. The molecule has 1 N–H and O–H groups in total. The Bertz CT molecular complexity index is 428. The summed E-state index contributed by atoms with van der Waals surface area (Å²) < 4.78 is 5.45. The molecule has 0 saturated heterocycles. The highest BCUT2D eigenvalue weighted by molar-refractivity contribution is 6.18. The van der Waals surface area contributed by atoms with Crippen molar-refractivity contribution in [2.24, 2.45) is 11.8 Å². The average Bonchev–Trinajstić information content (AvgIpc) is 2.45. The van der Waals surface area contributed by atoms with E-state index in [1.54, 1.807) is 0 Å². The van der Waals surface area contributed by atoms with Gasteiger partial charge in [0.25, 0.3) is 0 Å². The smallest absolute Gasteiger partial charge is 0.226 e. The molecule has 2 unspecified atom stereocenters. The zero-order chi connectivity index (χ0) is 14.4. The van der Waals surface area contributed by atoms with Crippen molar-refractivity contribution in [3.05, 3.63) is 11.8 Å². The molecule has 1 aliphatic carbocycles. The van der Waals surface area contributed by atoms with Crippen molar-refractivity contribution in [3.63, 3.8) is 0 Å². The SMILES string of the molecule is CCOc1cc(C)nc(NCC2CCCCC2CCl)n1. The summed E-state index contributed by atoms with van der Waals surface area (Å²) in [4.78, 5) is 8.80. The van der Waals surface area contributed by atoms with Crippen molar-refractivity contribution >= 4 is 17.5 Å². The van der Waals surface area contributed by atoms with Gasteiger partial charge in [0.2, 0.25) is 11.8 Å². The fraction of sp³-hybridized carbons (Fsp3) is 0.733. The fourth-order valence-corrected chi connectivity index (χ4v) is 3.23. The van der Waals surface area contributed by atoms with E-state index in [9.17, 15) is 0 Å². The van der Waals surface area contributed by atoms with Gasteiger partial charge in [0.05, 0.1) is 6.61 Å². The van der Waals surface area contributed by atoms with Gasteiger partial charge in [-0.15, -0.1) is 11.6 Å². The van der Waals surface area contributed by atoms with Gasteiger partial charge in [-0.1, -0.05) is 12.8 Å². The van der Waals surface area contributed by atoms with Crippen LogP contribution in [-0.2, 0) is 0 Å². The van der Waals surface area contributed by atoms with Gasteiger partial charge in [-0.05, 0) is 38.5 Å². The fourth-order valence-electron chi connectivity index (χ4n) is 2.82. The van der Waals surface area contributed by atoms with Gasteiger partial charge < -0.3 is 10.1 Å². The van der Waals surface area contributed by atoms with E-state index in [1.807, 2.05) is 19.9 Å². The molecule has 0 aliphatic heterocycles. The van der Waals surface area contributed by atoms with Crippen LogP contribution in [0.15, 0.2) is 6.07 Å². The van der Waals surface area contributed by atoms with E-state index in [1.165, 1.54) is 25.7 Å². The van der Waals surface area contributed by atoms with Gasteiger partial charge in [-0.3, -0.25) is 0 Å². The van der Waals surface area contributed by atoms with Crippen LogP contribution >= 0.6 is 11.6 Å². The van der Waals surface area contributed by atoms with Crippen molar-refractivity contribution in [2.45, 2.75) is 39.5 Å². The molecule has 1 aromatic rings. The van der Waals surface area contributed by atoms with Crippen molar-refractivity contribution in [2.75, 3.05) is 24.3 Å². The van der Waals surface area contributed by atoms with Crippen LogP contribution in [0.25, 0.3) is 0 Å². The van der Waals surface area contributed by atoms with E-state index < -0.39 is 0 Å². The number of aromatic nitrogens is 2.